The molecule has 154 valence electrons. The van der Waals surface area contributed by atoms with E-state index in [2.05, 4.69) is 10.2 Å². The first-order chi connectivity index (χ1) is 14.7. The molecule has 2 N–H and O–H groups in total. The molecule has 1 aliphatic carbocycles. The minimum atomic E-state index is -0.462. The van der Waals surface area contributed by atoms with Gasteiger partial charge in [-0.1, -0.05) is 42.8 Å². The fourth-order valence-corrected chi connectivity index (χ4v) is 4.42. The van der Waals surface area contributed by atoms with Crippen molar-refractivity contribution in [2.75, 3.05) is 0 Å². The molecule has 3 aromatic rings. The molecule has 0 bridgehead atoms. The van der Waals surface area contributed by atoms with E-state index < -0.39 is 6.10 Å². The molecule has 0 spiro atoms. The Morgan fingerprint density at radius 2 is 1.93 bits per heavy atom. The van der Waals surface area contributed by atoms with Crippen LogP contribution >= 0.6 is 0 Å². The summed E-state index contributed by atoms with van der Waals surface area (Å²) in [6.45, 7) is 1.11. The lowest BCUT2D eigenvalue weighted by Crippen LogP contribution is -2.35. The third-order valence-electron chi connectivity index (χ3n) is 6.06. The van der Waals surface area contributed by atoms with Crippen LogP contribution in [0.3, 0.4) is 0 Å². The molecule has 2 heterocycles. The van der Waals surface area contributed by atoms with E-state index in [9.17, 15) is 9.90 Å². The Hall–Kier alpha value is -3.12. The summed E-state index contributed by atoms with van der Waals surface area (Å²) in [5.41, 5.74) is 4.73. The Labute approximate surface area is 175 Å². The predicted molar refractivity (Wildman–Crippen MR) is 113 cm³/mol. The number of fused-ring (bicyclic) bond motifs is 1. The molecule has 0 saturated heterocycles. The quantitative estimate of drug-likeness (QED) is 0.677. The molecular weight excluding hydrogens is 378 g/mol. The molecule has 1 aliphatic heterocycles. The molecule has 6 heteroatoms. The zero-order valence-electron chi connectivity index (χ0n) is 16.8. The number of aromatic amines is 1. The van der Waals surface area contributed by atoms with Crippen LogP contribution in [-0.2, 0) is 13.1 Å². The summed E-state index contributed by atoms with van der Waals surface area (Å²) in [4.78, 5) is 15.0. The van der Waals surface area contributed by atoms with E-state index >= 15 is 0 Å². The molecule has 0 radical (unpaired) electrons. The summed E-state index contributed by atoms with van der Waals surface area (Å²) in [6.07, 6.45) is 4.69. The summed E-state index contributed by atoms with van der Waals surface area (Å²) >= 11 is 0. The molecule has 2 unspecified atom stereocenters. The van der Waals surface area contributed by atoms with Crippen molar-refractivity contribution in [1.29, 1.82) is 0 Å². The van der Waals surface area contributed by atoms with Gasteiger partial charge < -0.3 is 14.7 Å². The van der Waals surface area contributed by atoms with Gasteiger partial charge in [0.1, 0.15) is 11.9 Å². The molecular formula is C24H25N3O3. The van der Waals surface area contributed by atoms with Crippen LogP contribution in [0.4, 0.5) is 0 Å². The Bertz CT molecular complexity index is 1030. The van der Waals surface area contributed by atoms with Crippen LogP contribution in [0.5, 0.6) is 5.75 Å². The van der Waals surface area contributed by atoms with Gasteiger partial charge in [-0.05, 0) is 48.1 Å². The topological polar surface area (TPSA) is 78.5 Å². The second kappa shape index (κ2) is 7.95. The van der Waals surface area contributed by atoms with Crippen molar-refractivity contribution in [3.05, 3.63) is 71.4 Å². The van der Waals surface area contributed by atoms with Crippen molar-refractivity contribution < 1.29 is 14.6 Å². The number of amides is 1. The number of H-pyrrole nitrogens is 1. The second-order valence-electron chi connectivity index (χ2n) is 8.13. The Morgan fingerprint density at radius 3 is 2.70 bits per heavy atom. The van der Waals surface area contributed by atoms with Crippen LogP contribution in [0.25, 0.3) is 11.3 Å². The van der Waals surface area contributed by atoms with E-state index in [1.165, 1.54) is 0 Å². The van der Waals surface area contributed by atoms with Gasteiger partial charge >= 0.3 is 0 Å². The highest BCUT2D eigenvalue weighted by atomic mass is 16.5. The number of ether oxygens (including phenoxy) is 1. The van der Waals surface area contributed by atoms with Gasteiger partial charge in [-0.3, -0.25) is 9.89 Å². The Balaban J connectivity index is 1.31. The third-order valence-corrected chi connectivity index (χ3v) is 6.06. The van der Waals surface area contributed by atoms with Crippen LogP contribution in [-0.4, -0.2) is 38.3 Å². The highest BCUT2D eigenvalue weighted by Crippen LogP contribution is 2.34. The van der Waals surface area contributed by atoms with Crippen molar-refractivity contribution in [2.45, 2.75) is 51.0 Å². The van der Waals surface area contributed by atoms with Crippen LogP contribution < -0.4 is 4.74 Å². The zero-order chi connectivity index (χ0) is 20.5. The lowest BCUT2D eigenvalue weighted by molar-refractivity contribution is 0.00636. The summed E-state index contributed by atoms with van der Waals surface area (Å²) in [5.74, 6) is 0.587. The van der Waals surface area contributed by atoms with Gasteiger partial charge in [0.2, 0.25) is 0 Å². The standard InChI is InChI=1S/C24H25N3O3/c28-20-5-1-2-6-21(20)30-22-7-3-4-18-15-27(24(29)23(18)22)14-16-8-10-17(11-9-16)19-12-13-25-26-19/h3-4,7-13,20-21,28H,1-2,5-6,14-15H2,(H,25,26). The summed E-state index contributed by atoms with van der Waals surface area (Å²) in [7, 11) is 0. The minimum absolute atomic E-state index is 0.0106. The second-order valence-corrected chi connectivity index (χ2v) is 8.13. The lowest BCUT2D eigenvalue weighted by Gasteiger charge is -2.28. The van der Waals surface area contributed by atoms with E-state index in [1.54, 1.807) is 6.20 Å². The van der Waals surface area contributed by atoms with Gasteiger partial charge in [0.05, 0.1) is 17.4 Å². The molecule has 2 atom stereocenters. The maximum absolute atomic E-state index is 13.2. The summed E-state index contributed by atoms with van der Waals surface area (Å²) in [5, 5.41) is 17.2. The number of aromatic nitrogens is 2. The molecule has 2 aromatic carbocycles. The van der Waals surface area contributed by atoms with E-state index in [0.717, 1.165) is 48.1 Å². The lowest BCUT2D eigenvalue weighted by atomic mass is 9.94. The monoisotopic (exact) mass is 403 g/mol. The first-order valence-corrected chi connectivity index (χ1v) is 10.5. The molecule has 6 nitrogen and oxygen atoms in total. The van der Waals surface area contributed by atoms with Crippen molar-refractivity contribution in [3.63, 3.8) is 0 Å². The van der Waals surface area contributed by atoms with Crippen molar-refractivity contribution >= 4 is 5.91 Å². The number of nitrogens with one attached hydrogen (secondary N) is 1. The average Bonchev–Trinajstić information content (AvgIpc) is 3.40. The van der Waals surface area contributed by atoms with E-state index in [0.29, 0.717) is 24.4 Å². The number of aliphatic hydroxyl groups excluding tert-OH is 1. The number of carbonyl (C=O) groups is 1. The molecule has 1 aromatic heterocycles. The van der Waals surface area contributed by atoms with Gasteiger partial charge in [-0.2, -0.15) is 5.10 Å². The summed E-state index contributed by atoms with van der Waals surface area (Å²) in [6, 6.07) is 15.9. The normalized spacial score (nSPS) is 21.0. The van der Waals surface area contributed by atoms with Gasteiger partial charge in [0, 0.05) is 19.3 Å². The van der Waals surface area contributed by atoms with E-state index in [4.69, 9.17) is 4.74 Å². The third kappa shape index (κ3) is 3.59. The summed E-state index contributed by atoms with van der Waals surface area (Å²) < 4.78 is 6.13. The van der Waals surface area contributed by atoms with Crippen molar-refractivity contribution in [1.82, 2.24) is 15.1 Å². The Kier molecular flexibility index (Phi) is 5.01. The van der Waals surface area contributed by atoms with Gasteiger partial charge in [0.15, 0.2) is 0 Å². The van der Waals surface area contributed by atoms with Gasteiger partial charge in [-0.15, -0.1) is 0 Å². The highest BCUT2D eigenvalue weighted by Gasteiger charge is 2.33. The maximum atomic E-state index is 13.2. The molecule has 1 fully saturated rings. The Morgan fingerprint density at radius 1 is 1.10 bits per heavy atom. The number of benzene rings is 2. The van der Waals surface area contributed by atoms with Crippen molar-refractivity contribution in [3.8, 4) is 17.0 Å². The fraction of sp³-hybridized carbons (Fsp3) is 0.333. The number of hydrogen-bond acceptors (Lipinski definition) is 4. The molecule has 1 saturated carbocycles. The number of aliphatic hydroxyl groups is 1. The zero-order valence-corrected chi connectivity index (χ0v) is 16.8. The predicted octanol–water partition coefficient (Wildman–Crippen LogP) is 3.92. The van der Waals surface area contributed by atoms with E-state index in [-0.39, 0.29) is 12.0 Å². The molecule has 2 aliphatic rings. The SMILES string of the molecule is O=C1c2c(cccc2OC2CCCCC2O)CN1Cc1ccc(-c2ccn[nH]2)cc1. The van der Waals surface area contributed by atoms with Gasteiger partial charge in [-0.25, -0.2) is 0 Å². The van der Waals surface area contributed by atoms with Crippen LogP contribution in [0, 0.1) is 0 Å². The smallest absolute Gasteiger partial charge is 0.258 e. The fourth-order valence-electron chi connectivity index (χ4n) is 4.42. The van der Waals surface area contributed by atoms with Crippen LogP contribution in [0.1, 0.15) is 47.2 Å². The number of carbonyl (C=O) groups excluding carboxylic acids is 1. The average molecular weight is 403 g/mol. The van der Waals surface area contributed by atoms with Gasteiger partial charge in [0.25, 0.3) is 5.91 Å². The largest absolute Gasteiger partial charge is 0.487 e. The van der Waals surface area contributed by atoms with Crippen LogP contribution in [0.2, 0.25) is 0 Å². The number of hydrogen-bond donors (Lipinski definition) is 2. The molecule has 1 amide bonds. The van der Waals surface area contributed by atoms with E-state index in [1.807, 2.05) is 53.4 Å². The maximum Gasteiger partial charge on any atom is 0.258 e. The van der Waals surface area contributed by atoms with Crippen LogP contribution in [0.15, 0.2) is 54.7 Å². The molecule has 5 rings (SSSR count). The first kappa shape index (κ1) is 18.9. The highest BCUT2D eigenvalue weighted by molar-refractivity contribution is 6.01. The van der Waals surface area contributed by atoms with Crippen molar-refractivity contribution in [2.24, 2.45) is 0 Å². The molecule has 30 heavy (non-hydrogen) atoms. The minimum Gasteiger partial charge on any atom is -0.487 e. The number of rotatable bonds is 5. The number of nitrogens with zero attached hydrogens (tertiary/aromatic N) is 2. The first-order valence-electron chi connectivity index (χ1n) is 10.5.